The Kier molecular flexibility index (Phi) is 2.78. The van der Waals surface area contributed by atoms with Gasteiger partial charge in [0.25, 0.3) is 0 Å². The molecule has 0 unspecified atom stereocenters. The topological polar surface area (TPSA) is 38.9 Å². The summed E-state index contributed by atoms with van der Waals surface area (Å²) in [7, 11) is 0. The molecule has 0 radical (unpaired) electrons. The molecule has 7 heteroatoms. The monoisotopic (exact) mass is 262 g/mol. The first-order valence-electron chi connectivity index (χ1n) is 4.46. The largest absolute Gasteiger partial charge is 0.417 e. The van der Waals surface area contributed by atoms with E-state index in [1.54, 1.807) is 0 Å². The lowest BCUT2D eigenvalue weighted by atomic mass is 10.1. The number of alkyl halides is 3. The van der Waals surface area contributed by atoms with E-state index in [9.17, 15) is 17.6 Å². The third-order valence-corrected chi connectivity index (χ3v) is 2.93. The highest BCUT2D eigenvalue weighted by Gasteiger charge is 2.34. The van der Waals surface area contributed by atoms with Gasteiger partial charge in [-0.15, -0.1) is 11.3 Å². The highest BCUT2D eigenvalue weighted by Crippen LogP contribution is 2.38. The number of halogens is 4. The normalized spacial score (nSPS) is 11.8. The lowest BCUT2D eigenvalue weighted by Gasteiger charge is -2.10. The average molecular weight is 262 g/mol. The molecule has 0 saturated heterocycles. The third-order valence-electron chi connectivity index (χ3n) is 2.04. The Labute approximate surface area is 97.7 Å². The van der Waals surface area contributed by atoms with Crippen molar-refractivity contribution in [3.05, 3.63) is 35.0 Å². The number of thiazole rings is 1. The van der Waals surface area contributed by atoms with Crippen molar-refractivity contribution in [1.82, 2.24) is 4.98 Å². The van der Waals surface area contributed by atoms with Crippen LogP contribution in [0.5, 0.6) is 0 Å². The molecule has 1 aromatic carbocycles. The maximum Gasteiger partial charge on any atom is 0.417 e. The molecule has 0 fully saturated rings. The summed E-state index contributed by atoms with van der Waals surface area (Å²) < 4.78 is 51.1. The maximum atomic E-state index is 13.0. The Balaban J connectivity index is 2.63. The zero-order valence-electron chi connectivity index (χ0n) is 8.25. The van der Waals surface area contributed by atoms with Crippen LogP contribution in [-0.4, -0.2) is 4.98 Å². The van der Waals surface area contributed by atoms with Crippen LogP contribution in [0, 0.1) is 5.82 Å². The summed E-state index contributed by atoms with van der Waals surface area (Å²) in [6.07, 6.45) is -4.55. The van der Waals surface area contributed by atoms with Gasteiger partial charge in [0.15, 0.2) is 0 Å². The van der Waals surface area contributed by atoms with Crippen LogP contribution in [-0.2, 0) is 6.18 Å². The molecule has 0 aliphatic rings. The predicted octanol–water partition coefficient (Wildman–Crippen LogP) is 3.55. The van der Waals surface area contributed by atoms with Gasteiger partial charge in [-0.3, -0.25) is 0 Å². The third kappa shape index (κ3) is 2.38. The number of rotatable bonds is 1. The van der Waals surface area contributed by atoms with Crippen LogP contribution >= 0.6 is 11.3 Å². The van der Waals surface area contributed by atoms with Gasteiger partial charge in [0, 0.05) is 10.9 Å². The maximum absolute atomic E-state index is 13.0. The fourth-order valence-electron chi connectivity index (χ4n) is 1.35. The van der Waals surface area contributed by atoms with Crippen LogP contribution in [0.25, 0.3) is 10.6 Å². The van der Waals surface area contributed by atoms with Crippen molar-refractivity contribution in [3.63, 3.8) is 0 Å². The van der Waals surface area contributed by atoms with Gasteiger partial charge in [-0.1, -0.05) is 0 Å². The van der Waals surface area contributed by atoms with E-state index < -0.39 is 17.6 Å². The number of nitrogens with two attached hydrogens (primary N) is 1. The first-order chi connectivity index (χ1) is 7.88. The van der Waals surface area contributed by atoms with Gasteiger partial charge in [0.2, 0.25) is 0 Å². The minimum absolute atomic E-state index is 0.0503. The number of benzene rings is 1. The lowest BCUT2D eigenvalue weighted by molar-refractivity contribution is -0.137. The lowest BCUT2D eigenvalue weighted by Crippen LogP contribution is -2.07. The summed E-state index contributed by atoms with van der Waals surface area (Å²) in [4.78, 5) is 3.73. The van der Waals surface area contributed by atoms with Crippen molar-refractivity contribution < 1.29 is 17.6 Å². The second kappa shape index (κ2) is 3.99. The summed E-state index contributed by atoms with van der Waals surface area (Å²) >= 11 is 0.939. The smallest absolute Gasteiger partial charge is 0.383 e. The Morgan fingerprint density at radius 1 is 1.24 bits per heavy atom. The van der Waals surface area contributed by atoms with Crippen LogP contribution in [0.2, 0.25) is 0 Å². The van der Waals surface area contributed by atoms with E-state index in [4.69, 9.17) is 5.73 Å². The van der Waals surface area contributed by atoms with E-state index in [0.29, 0.717) is 6.07 Å². The van der Waals surface area contributed by atoms with Gasteiger partial charge in [-0.25, -0.2) is 9.37 Å². The molecule has 0 atom stereocenters. The minimum atomic E-state index is -4.55. The van der Waals surface area contributed by atoms with E-state index in [1.807, 2.05) is 0 Å². The highest BCUT2D eigenvalue weighted by atomic mass is 32.1. The number of aromatic nitrogens is 1. The number of hydrogen-bond donors (Lipinski definition) is 1. The van der Waals surface area contributed by atoms with Crippen LogP contribution in [0.1, 0.15) is 5.56 Å². The quantitative estimate of drug-likeness (QED) is 0.798. The Bertz CT molecular complexity index is 547. The molecule has 1 heterocycles. The highest BCUT2D eigenvalue weighted by molar-refractivity contribution is 7.13. The molecule has 17 heavy (non-hydrogen) atoms. The van der Waals surface area contributed by atoms with E-state index in [-0.39, 0.29) is 16.4 Å². The molecule has 2 aromatic rings. The summed E-state index contributed by atoms with van der Waals surface area (Å²) in [5.74, 6) is -0.635. The molecule has 0 amide bonds. The minimum Gasteiger partial charge on any atom is -0.383 e. The molecule has 1 aromatic heterocycles. The molecule has 2 rings (SSSR count). The van der Waals surface area contributed by atoms with Crippen molar-refractivity contribution >= 4 is 17.2 Å². The summed E-state index contributed by atoms with van der Waals surface area (Å²) in [5, 5.41) is 1.45. The van der Waals surface area contributed by atoms with Crippen LogP contribution < -0.4 is 5.73 Å². The zero-order valence-corrected chi connectivity index (χ0v) is 9.07. The van der Waals surface area contributed by atoms with Crippen LogP contribution in [0.15, 0.2) is 23.6 Å². The molecule has 0 saturated carbocycles. The van der Waals surface area contributed by atoms with Gasteiger partial charge in [0.1, 0.15) is 16.6 Å². The molecule has 0 aliphatic heterocycles. The predicted molar refractivity (Wildman–Crippen MR) is 56.9 cm³/mol. The average Bonchev–Trinajstić information content (AvgIpc) is 2.62. The van der Waals surface area contributed by atoms with Crippen LogP contribution in [0.3, 0.4) is 0 Å². The number of nitrogens with zero attached hydrogens (tertiary/aromatic N) is 1. The first-order valence-corrected chi connectivity index (χ1v) is 5.34. The summed E-state index contributed by atoms with van der Waals surface area (Å²) in [5.41, 5.74) is 4.12. The first kappa shape index (κ1) is 11.8. The van der Waals surface area contributed by atoms with Gasteiger partial charge < -0.3 is 5.73 Å². The van der Waals surface area contributed by atoms with Crippen molar-refractivity contribution in [2.45, 2.75) is 6.18 Å². The Hall–Kier alpha value is -1.63. The molecule has 90 valence electrons. The standard InChI is InChI=1S/C10H6F4N2S/c11-5-1-2-7(10(12,13)14)6(3-5)9-16-8(15)4-17-9/h1-4H,15H2. The van der Waals surface area contributed by atoms with Crippen molar-refractivity contribution in [3.8, 4) is 10.6 Å². The molecule has 0 bridgehead atoms. The number of anilines is 1. The van der Waals surface area contributed by atoms with Gasteiger partial charge in [-0.05, 0) is 18.2 Å². The summed E-state index contributed by atoms with van der Waals surface area (Å²) in [6, 6.07) is 2.27. The zero-order chi connectivity index (χ0) is 12.6. The van der Waals surface area contributed by atoms with Gasteiger partial charge >= 0.3 is 6.18 Å². The SMILES string of the molecule is Nc1csc(-c2cc(F)ccc2C(F)(F)F)n1. The molecule has 2 nitrogen and oxygen atoms in total. The van der Waals surface area contributed by atoms with Crippen molar-refractivity contribution in [1.29, 1.82) is 0 Å². The molecule has 0 spiro atoms. The van der Waals surface area contributed by atoms with E-state index in [2.05, 4.69) is 4.98 Å². The number of hydrogen-bond acceptors (Lipinski definition) is 3. The second-order valence-electron chi connectivity index (χ2n) is 3.27. The van der Waals surface area contributed by atoms with Crippen molar-refractivity contribution in [2.75, 3.05) is 5.73 Å². The second-order valence-corrected chi connectivity index (χ2v) is 4.12. The molecule has 2 N–H and O–H groups in total. The molecule has 0 aliphatic carbocycles. The van der Waals surface area contributed by atoms with Gasteiger partial charge in [0.05, 0.1) is 5.56 Å². The van der Waals surface area contributed by atoms with E-state index in [0.717, 1.165) is 23.5 Å². The Morgan fingerprint density at radius 3 is 2.47 bits per heavy atom. The van der Waals surface area contributed by atoms with E-state index >= 15 is 0 Å². The fraction of sp³-hybridized carbons (Fsp3) is 0.100. The Morgan fingerprint density at radius 2 is 1.94 bits per heavy atom. The van der Waals surface area contributed by atoms with Crippen molar-refractivity contribution in [2.24, 2.45) is 0 Å². The van der Waals surface area contributed by atoms with Gasteiger partial charge in [-0.2, -0.15) is 13.2 Å². The molecular formula is C10H6F4N2S. The summed E-state index contributed by atoms with van der Waals surface area (Å²) in [6.45, 7) is 0. The van der Waals surface area contributed by atoms with E-state index in [1.165, 1.54) is 5.38 Å². The van der Waals surface area contributed by atoms with Crippen LogP contribution in [0.4, 0.5) is 23.4 Å². The molecular weight excluding hydrogens is 256 g/mol. The number of nitrogen functional groups attached to an aromatic ring is 1. The fourth-order valence-corrected chi connectivity index (χ4v) is 2.09.